The Morgan fingerprint density at radius 2 is 1.72 bits per heavy atom. The van der Waals surface area contributed by atoms with Gasteiger partial charge < -0.3 is 4.98 Å². The molecule has 1 aromatic carbocycles. The van der Waals surface area contributed by atoms with Crippen LogP contribution in [0.1, 0.15) is 42.5 Å². The van der Waals surface area contributed by atoms with E-state index in [0.29, 0.717) is 16.4 Å². The van der Waals surface area contributed by atoms with Crippen LogP contribution in [-0.4, -0.2) is 19.7 Å². The van der Waals surface area contributed by atoms with E-state index in [4.69, 9.17) is 0 Å². The van der Waals surface area contributed by atoms with Gasteiger partial charge >= 0.3 is 0 Å². The SMILES string of the molecule is Cc1ccc(/C(=C\C2CCCC2)c2ccc(S(C)(=O)=O)cc2)[nH]c1=O. The zero-order valence-corrected chi connectivity index (χ0v) is 15.4. The number of nitrogens with one attached hydrogen (secondary N) is 1. The molecule has 5 heteroatoms. The lowest BCUT2D eigenvalue weighted by molar-refractivity contribution is 0.602. The molecule has 2 aromatic rings. The molecule has 0 aliphatic heterocycles. The van der Waals surface area contributed by atoms with Crippen molar-refractivity contribution < 1.29 is 8.42 Å². The van der Waals surface area contributed by atoms with Gasteiger partial charge in [0.2, 0.25) is 0 Å². The van der Waals surface area contributed by atoms with Gasteiger partial charge in [-0.05, 0) is 49.4 Å². The molecule has 1 N–H and O–H groups in total. The van der Waals surface area contributed by atoms with Gasteiger partial charge in [-0.15, -0.1) is 0 Å². The van der Waals surface area contributed by atoms with Gasteiger partial charge in [0.25, 0.3) is 5.56 Å². The van der Waals surface area contributed by atoms with Crippen LogP contribution in [0.3, 0.4) is 0 Å². The number of benzene rings is 1. The van der Waals surface area contributed by atoms with Gasteiger partial charge in [-0.2, -0.15) is 0 Å². The van der Waals surface area contributed by atoms with E-state index in [2.05, 4.69) is 11.1 Å². The molecular weight excluding hydrogens is 334 g/mol. The highest BCUT2D eigenvalue weighted by molar-refractivity contribution is 7.90. The van der Waals surface area contributed by atoms with Gasteiger partial charge in [0.05, 0.1) is 4.90 Å². The van der Waals surface area contributed by atoms with Crippen LogP contribution < -0.4 is 5.56 Å². The molecular formula is C20H23NO3S. The third-order valence-corrected chi connectivity index (χ3v) is 5.92. The summed E-state index contributed by atoms with van der Waals surface area (Å²) in [6.45, 7) is 1.78. The molecule has 1 fully saturated rings. The van der Waals surface area contributed by atoms with E-state index < -0.39 is 9.84 Å². The van der Waals surface area contributed by atoms with Crippen molar-refractivity contribution in [3.63, 3.8) is 0 Å². The Labute approximate surface area is 148 Å². The monoisotopic (exact) mass is 357 g/mol. The highest BCUT2D eigenvalue weighted by Gasteiger charge is 2.16. The number of rotatable bonds is 4. The highest BCUT2D eigenvalue weighted by Crippen LogP contribution is 2.31. The van der Waals surface area contributed by atoms with Crippen molar-refractivity contribution in [1.82, 2.24) is 4.98 Å². The summed E-state index contributed by atoms with van der Waals surface area (Å²) < 4.78 is 23.4. The van der Waals surface area contributed by atoms with Gasteiger partial charge in [0, 0.05) is 23.1 Å². The quantitative estimate of drug-likeness (QED) is 0.907. The Kier molecular flexibility index (Phi) is 4.95. The summed E-state index contributed by atoms with van der Waals surface area (Å²) in [6, 6.07) is 10.6. The van der Waals surface area contributed by atoms with Gasteiger partial charge in [-0.25, -0.2) is 8.42 Å². The van der Waals surface area contributed by atoms with Crippen molar-refractivity contribution in [2.45, 2.75) is 37.5 Å². The van der Waals surface area contributed by atoms with E-state index in [-0.39, 0.29) is 5.56 Å². The van der Waals surface area contributed by atoms with Gasteiger partial charge in [0.1, 0.15) is 0 Å². The summed E-state index contributed by atoms with van der Waals surface area (Å²) in [4.78, 5) is 15.3. The molecule has 4 nitrogen and oxygen atoms in total. The number of hydrogen-bond acceptors (Lipinski definition) is 3. The summed E-state index contributed by atoms with van der Waals surface area (Å²) >= 11 is 0. The fourth-order valence-electron chi connectivity index (χ4n) is 3.29. The van der Waals surface area contributed by atoms with Crippen LogP contribution in [0.5, 0.6) is 0 Å². The largest absolute Gasteiger partial charge is 0.322 e. The number of sulfone groups is 1. The normalized spacial score (nSPS) is 16.3. The molecule has 132 valence electrons. The zero-order valence-electron chi connectivity index (χ0n) is 14.6. The predicted octanol–water partition coefficient (Wildman–Crippen LogP) is 3.71. The summed E-state index contributed by atoms with van der Waals surface area (Å²) in [6.07, 6.45) is 8.19. The fourth-order valence-corrected chi connectivity index (χ4v) is 3.92. The first kappa shape index (κ1) is 17.7. The van der Waals surface area contributed by atoms with E-state index >= 15 is 0 Å². The average Bonchev–Trinajstić information content (AvgIpc) is 3.08. The summed E-state index contributed by atoms with van der Waals surface area (Å²) in [5.41, 5.74) is 3.23. The maximum Gasteiger partial charge on any atom is 0.251 e. The smallest absolute Gasteiger partial charge is 0.251 e. The summed E-state index contributed by atoms with van der Waals surface area (Å²) in [5, 5.41) is 0. The lowest BCUT2D eigenvalue weighted by Crippen LogP contribution is -2.11. The number of H-pyrrole nitrogens is 1. The zero-order chi connectivity index (χ0) is 18.0. The molecule has 1 aliphatic rings. The van der Waals surface area contributed by atoms with Crippen molar-refractivity contribution in [1.29, 1.82) is 0 Å². The Morgan fingerprint density at radius 3 is 2.28 bits per heavy atom. The maximum absolute atomic E-state index is 12.0. The molecule has 1 aliphatic carbocycles. The molecule has 0 bridgehead atoms. The van der Waals surface area contributed by atoms with E-state index in [1.165, 1.54) is 19.1 Å². The summed E-state index contributed by atoms with van der Waals surface area (Å²) in [5.74, 6) is 0.495. The minimum atomic E-state index is -3.22. The molecule has 1 aromatic heterocycles. The van der Waals surface area contributed by atoms with Crippen molar-refractivity contribution in [3.8, 4) is 0 Å². The van der Waals surface area contributed by atoms with Gasteiger partial charge in [0.15, 0.2) is 9.84 Å². The van der Waals surface area contributed by atoms with Gasteiger partial charge in [-0.3, -0.25) is 4.79 Å². The second-order valence-corrected chi connectivity index (χ2v) is 8.82. The van der Waals surface area contributed by atoms with E-state index in [1.54, 1.807) is 19.1 Å². The van der Waals surface area contributed by atoms with E-state index in [0.717, 1.165) is 29.7 Å². The lowest BCUT2D eigenvalue weighted by atomic mass is 9.96. The number of hydrogen-bond donors (Lipinski definition) is 1. The Morgan fingerprint density at radius 1 is 1.08 bits per heavy atom. The molecule has 0 radical (unpaired) electrons. The number of aryl methyl sites for hydroxylation is 1. The molecule has 0 unspecified atom stereocenters. The van der Waals surface area contributed by atoms with Crippen LogP contribution in [0.25, 0.3) is 5.57 Å². The van der Waals surface area contributed by atoms with Gasteiger partial charge in [-0.1, -0.05) is 37.1 Å². The summed E-state index contributed by atoms with van der Waals surface area (Å²) in [7, 11) is -3.22. The lowest BCUT2D eigenvalue weighted by Gasteiger charge is -2.12. The molecule has 1 saturated carbocycles. The van der Waals surface area contributed by atoms with Crippen LogP contribution in [0.15, 0.2) is 52.2 Å². The topological polar surface area (TPSA) is 67.0 Å². The van der Waals surface area contributed by atoms with E-state index in [1.807, 2.05) is 24.3 Å². The third kappa shape index (κ3) is 4.10. The number of pyridine rings is 1. The van der Waals surface area contributed by atoms with Crippen LogP contribution >= 0.6 is 0 Å². The number of aromatic amines is 1. The minimum Gasteiger partial charge on any atom is -0.322 e. The average molecular weight is 357 g/mol. The first-order valence-corrected chi connectivity index (χ1v) is 10.5. The fraction of sp³-hybridized carbons (Fsp3) is 0.350. The minimum absolute atomic E-state index is 0.0948. The Bertz CT molecular complexity index is 947. The second-order valence-electron chi connectivity index (χ2n) is 6.81. The first-order chi connectivity index (χ1) is 11.8. The Hall–Kier alpha value is -2.14. The molecule has 3 rings (SSSR count). The van der Waals surface area contributed by atoms with Crippen LogP contribution in [-0.2, 0) is 9.84 Å². The maximum atomic E-state index is 12.0. The molecule has 25 heavy (non-hydrogen) atoms. The third-order valence-electron chi connectivity index (χ3n) is 4.79. The highest BCUT2D eigenvalue weighted by atomic mass is 32.2. The first-order valence-electron chi connectivity index (χ1n) is 8.57. The second kappa shape index (κ2) is 7.00. The molecule has 0 amide bonds. The molecule has 0 spiro atoms. The Balaban J connectivity index is 2.07. The molecule has 1 heterocycles. The predicted molar refractivity (Wildman–Crippen MR) is 100 cm³/mol. The number of allylic oxidation sites excluding steroid dienone is 1. The van der Waals surface area contributed by atoms with Crippen molar-refractivity contribution in [2.24, 2.45) is 5.92 Å². The van der Waals surface area contributed by atoms with E-state index in [9.17, 15) is 13.2 Å². The molecule has 0 atom stereocenters. The van der Waals surface area contributed by atoms with Crippen molar-refractivity contribution >= 4 is 15.4 Å². The van der Waals surface area contributed by atoms with Crippen LogP contribution in [0.2, 0.25) is 0 Å². The number of aromatic nitrogens is 1. The van der Waals surface area contributed by atoms with Crippen molar-refractivity contribution in [2.75, 3.05) is 6.26 Å². The van der Waals surface area contributed by atoms with Crippen LogP contribution in [0.4, 0.5) is 0 Å². The van der Waals surface area contributed by atoms with Crippen LogP contribution in [0, 0.1) is 12.8 Å². The standard InChI is InChI=1S/C20H23NO3S/c1-14-7-12-19(21-20(14)22)18(13-15-5-3-4-6-15)16-8-10-17(11-9-16)25(2,23)24/h7-13,15H,3-6H2,1-2H3,(H,21,22)/b18-13-. The van der Waals surface area contributed by atoms with Crippen molar-refractivity contribution in [3.05, 3.63) is 69.6 Å². The molecule has 0 saturated heterocycles.